The molecule has 0 spiro atoms. The van der Waals surface area contributed by atoms with E-state index in [0.717, 1.165) is 19.6 Å². The molecule has 0 atom stereocenters. The number of nitrogens with two attached hydrogens (primary N) is 1. The topological polar surface area (TPSA) is 35.2 Å². The molecule has 0 aliphatic carbocycles. The van der Waals surface area contributed by atoms with Crippen LogP contribution < -0.4 is 5.73 Å². The molecule has 13 heavy (non-hydrogen) atoms. The van der Waals surface area contributed by atoms with Crippen LogP contribution in [0.1, 0.15) is 41.0 Å². The van der Waals surface area contributed by atoms with Crippen molar-refractivity contribution in [1.82, 2.24) is 0 Å². The van der Waals surface area contributed by atoms with Crippen LogP contribution >= 0.6 is 12.4 Å². The summed E-state index contributed by atoms with van der Waals surface area (Å²) in [5.41, 5.74) is 5.79. The molecule has 0 aromatic rings. The molecule has 0 rings (SSSR count). The van der Waals surface area contributed by atoms with Crippen LogP contribution in [0, 0.1) is 5.41 Å². The minimum absolute atomic E-state index is 0. The van der Waals surface area contributed by atoms with E-state index in [9.17, 15) is 0 Å². The summed E-state index contributed by atoms with van der Waals surface area (Å²) in [6, 6.07) is 0. The van der Waals surface area contributed by atoms with Crippen LogP contribution in [0.2, 0.25) is 0 Å². The van der Waals surface area contributed by atoms with Crippen LogP contribution in [-0.4, -0.2) is 18.8 Å². The maximum Gasteiger partial charge on any atom is 0.0598 e. The molecule has 0 aliphatic rings. The van der Waals surface area contributed by atoms with Gasteiger partial charge in [0, 0.05) is 6.61 Å². The SMILES string of the molecule is CC(C)(CN)CCOC(C)(C)C.Cl. The lowest BCUT2D eigenvalue weighted by molar-refractivity contribution is -0.0147. The maximum absolute atomic E-state index is 5.61. The highest BCUT2D eigenvalue weighted by atomic mass is 35.5. The van der Waals surface area contributed by atoms with E-state index in [1.165, 1.54) is 0 Å². The first kappa shape index (κ1) is 15.7. The molecular weight excluding hydrogens is 186 g/mol. The van der Waals surface area contributed by atoms with Crippen molar-refractivity contribution in [2.45, 2.75) is 46.6 Å². The molecule has 82 valence electrons. The van der Waals surface area contributed by atoms with Crippen molar-refractivity contribution < 1.29 is 4.74 Å². The Kier molecular flexibility index (Phi) is 7.04. The second-order valence-corrected chi connectivity index (χ2v) is 5.08. The zero-order valence-corrected chi connectivity index (χ0v) is 10.3. The van der Waals surface area contributed by atoms with Crippen molar-refractivity contribution in [3.05, 3.63) is 0 Å². The van der Waals surface area contributed by atoms with Gasteiger partial charge in [-0.3, -0.25) is 0 Å². The van der Waals surface area contributed by atoms with Crippen molar-refractivity contribution in [1.29, 1.82) is 0 Å². The van der Waals surface area contributed by atoms with Gasteiger partial charge in [0.2, 0.25) is 0 Å². The molecule has 0 amide bonds. The second kappa shape index (κ2) is 5.84. The highest BCUT2D eigenvalue weighted by Gasteiger charge is 2.17. The molecule has 0 radical (unpaired) electrons. The quantitative estimate of drug-likeness (QED) is 0.773. The normalized spacial score (nSPS) is 12.5. The first-order chi connectivity index (χ1) is 5.27. The third-order valence-electron chi connectivity index (χ3n) is 1.87. The van der Waals surface area contributed by atoms with Gasteiger partial charge in [-0.2, -0.15) is 0 Å². The molecule has 0 bridgehead atoms. The lowest BCUT2D eigenvalue weighted by Gasteiger charge is -2.25. The molecule has 0 unspecified atom stereocenters. The smallest absolute Gasteiger partial charge is 0.0598 e. The van der Waals surface area contributed by atoms with E-state index >= 15 is 0 Å². The summed E-state index contributed by atoms with van der Waals surface area (Å²) >= 11 is 0. The average molecular weight is 210 g/mol. The fraction of sp³-hybridized carbons (Fsp3) is 1.00. The maximum atomic E-state index is 5.61. The lowest BCUT2D eigenvalue weighted by Crippen LogP contribution is -2.28. The summed E-state index contributed by atoms with van der Waals surface area (Å²) in [4.78, 5) is 0. The Morgan fingerprint density at radius 3 is 1.85 bits per heavy atom. The Morgan fingerprint density at radius 1 is 1.08 bits per heavy atom. The van der Waals surface area contributed by atoms with Gasteiger partial charge in [0.15, 0.2) is 0 Å². The predicted octanol–water partition coefficient (Wildman–Crippen LogP) is 2.60. The van der Waals surface area contributed by atoms with Gasteiger partial charge in [0.25, 0.3) is 0 Å². The van der Waals surface area contributed by atoms with Crippen LogP contribution in [0.15, 0.2) is 0 Å². The average Bonchev–Trinajstić information content (AvgIpc) is 1.84. The van der Waals surface area contributed by atoms with E-state index in [1.54, 1.807) is 0 Å². The van der Waals surface area contributed by atoms with Gasteiger partial charge in [-0.15, -0.1) is 12.4 Å². The van der Waals surface area contributed by atoms with E-state index in [4.69, 9.17) is 10.5 Å². The molecule has 0 saturated heterocycles. The van der Waals surface area contributed by atoms with Crippen molar-refractivity contribution in [2.24, 2.45) is 11.1 Å². The minimum Gasteiger partial charge on any atom is -0.376 e. The minimum atomic E-state index is -0.0231. The third kappa shape index (κ3) is 10.1. The predicted molar refractivity (Wildman–Crippen MR) is 60.4 cm³/mol. The van der Waals surface area contributed by atoms with E-state index < -0.39 is 0 Å². The van der Waals surface area contributed by atoms with Crippen LogP contribution in [-0.2, 0) is 4.74 Å². The molecule has 0 aliphatic heterocycles. The number of rotatable bonds is 4. The number of hydrogen-bond donors (Lipinski definition) is 1. The van der Waals surface area contributed by atoms with Gasteiger partial charge in [-0.1, -0.05) is 13.8 Å². The van der Waals surface area contributed by atoms with E-state index in [0.29, 0.717) is 0 Å². The fourth-order valence-corrected chi connectivity index (χ4v) is 0.736. The molecule has 2 N–H and O–H groups in total. The monoisotopic (exact) mass is 209 g/mol. The summed E-state index contributed by atoms with van der Waals surface area (Å²) in [6.45, 7) is 12.1. The Morgan fingerprint density at radius 2 is 1.54 bits per heavy atom. The van der Waals surface area contributed by atoms with E-state index in [1.807, 2.05) is 0 Å². The Balaban J connectivity index is 0. The highest BCUT2D eigenvalue weighted by Crippen LogP contribution is 2.19. The van der Waals surface area contributed by atoms with Crippen LogP contribution in [0.3, 0.4) is 0 Å². The molecule has 0 saturated carbocycles. The van der Waals surface area contributed by atoms with Gasteiger partial charge in [0.05, 0.1) is 5.60 Å². The van der Waals surface area contributed by atoms with Gasteiger partial charge < -0.3 is 10.5 Å². The number of ether oxygens (including phenoxy) is 1. The van der Waals surface area contributed by atoms with Crippen molar-refractivity contribution in [2.75, 3.05) is 13.2 Å². The van der Waals surface area contributed by atoms with E-state index in [-0.39, 0.29) is 23.4 Å². The first-order valence-corrected chi connectivity index (χ1v) is 4.61. The fourth-order valence-electron chi connectivity index (χ4n) is 0.736. The Labute approximate surface area is 88.6 Å². The van der Waals surface area contributed by atoms with Gasteiger partial charge in [0.1, 0.15) is 0 Å². The summed E-state index contributed by atoms with van der Waals surface area (Å²) in [7, 11) is 0. The molecular formula is C10H24ClNO. The molecule has 0 heterocycles. The van der Waals surface area contributed by atoms with Crippen LogP contribution in [0.25, 0.3) is 0 Å². The van der Waals surface area contributed by atoms with Crippen molar-refractivity contribution >= 4 is 12.4 Å². The second-order valence-electron chi connectivity index (χ2n) is 5.08. The van der Waals surface area contributed by atoms with Crippen molar-refractivity contribution in [3.8, 4) is 0 Å². The Hall–Kier alpha value is 0.210. The Bertz CT molecular complexity index is 129. The molecule has 0 fully saturated rings. The molecule has 3 heteroatoms. The van der Waals surface area contributed by atoms with Crippen LogP contribution in [0.4, 0.5) is 0 Å². The highest BCUT2D eigenvalue weighted by molar-refractivity contribution is 5.85. The summed E-state index contributed by atoms with van der Waals surface area (Å²) in [5.74, 6) is 0. The standard InChI is InChI=1S/C10H23NO.ClH/c1-9(2,3)12-7-6-10(4,5)8-11;/h6-8,11H2,1-5H3;1H. The molecule has 0 aromatic heterocycles. The zero-order chi connectivity index (χ0) is 9.83. The number of hydrogen-bond acceptors (Lipinski definition) is 2. The number of halogens is 1. The van der Waals surface area contributed by atoms with Gasteiger partial charge in [-0.25, -0.2) is 0 Å². The zero-order valence-electron chi connectivity index (χ0n) is 9.52. The largest absolute Gasteiger partial charge is 0.376 e. The lowest BCUT2D eigenvalue weighted by atomic mass is 9.90. The van der Waals surface area contributed by atoms with Gasteiger partial charge in [-0.05, 0) is 39.2 Å². The molecule has 0 aromatic carbocycles. The van der Waals surface area contributed by atoms with Crippen LogP contribution in [0.5, 0.6) is 0 Å². The molecule has 2 nitrogen and oxygen atoms in total. The first-order valence-electron chi connectivity index (χ1n) is 4.61. The van der Waals surface area contributed by atoms with Crippen molar-refractivity contribution in [3.63, 3.8) is 0 Å². The third-order valence-corrected chi connectivity index (χ3v) is 1.87. The summed E-state index contributed by atoms with van der Waals surface area (Å²) in [6.07, 6.45) is 1.03. The van der Waals surface area contributed by atoms with E-state index in [2.05, 4.69) is 34.6 Å². The van der Waals surface area contributed by atoms with Gasteiger partial charge >= 0.3 is 0 Å². The summed E-state index contributed by atoms with van der Waals surface area (Å²) in [5, 5.41) is 0. The summed E-state index contributed by atoms with van der Waals surface area (Å²) < 4.78 is 5.61.